The third kappa shape index (κ3) is 3.79. The second-order valence-corrected chi connectivity index (χ2v) is 7.13. The maximum atomic E-state index is 12.8. The zero-order valence-corrected chi connectivity index (χ0v) is 15.9. The highest BCUT2D eigenvalue weighted by atomic mass is 16.2. The number of aromatic nitrogens is 2. The van der Waals surface area contributed by atoms with Crippen LogP contribution in [0.25, 0.3) is 0 Å². The predicted octanol–water partition coefficient (Wildman–Crippen LogP) is 2.24. The van der Waals surface area contributed by atoms with E-state index in [-0.39, 0.29) is 24.4 Å². The summed E-state index contributed by atoms with van der Waals surface area (Å²) >= 11 is 0. The summed E-state index contributed by atoms with van der Waals surface area (Å²) < 4.78 is 1.84. The van der Waals surface area contributed by atoms with Crippen LogP contribution in [-0.4, -0.2) is 50.8 Å². The van der Waals surface area contributed by atoms with E-state index >= 15 is 0 Å². The van der Waals surface area contributed by atoms with Crippen LogP contribution in [0, 0.1) is 20.8 Å². The lowest BCUT2D eigenvalue weighted by atomic mass is 10.1. The fourth-order valence-electron chi connectivity index (χ4n) is 3.62. The molecule has 0 bridgehead atoms. The van der Waals surface area contributed by atoms with Crippen LogP contribution in [0.3, 0.4) is 0 Å². The average molecular weight is 354 g/mol. The Morgan fingerprint density at radius 3 is 2.42 bits per heavy atom. The van der Waals surface area contributed by atoms with Crippen LogP contribution in [0.4, 0.5) is 0 Å². The van der Waals surface area contributed by atoms with Gasteiger partial charge in [-0.15, -0.1) is 0 Å². The number of rotatable bonds is 4. The molecule has 6 nitrogen and oxygen atoms in total. The van der Waals surface area contributed by atoms with E-state index in [4.69, 9.17) is 0 Å². The Hall–Kier alpha value is -2.63. The summed E-state index contributed by atoms with van der Waals surface area (Å²) in [5.74, 6) is 0.759. The molecule has 2 aromatic rings. The van der Waals surface area contributed by atoms with Crippen molar-refractivity contribution < 1.29 is 9.59 Å². The van der Waals surface area contributed by atoms with Gasteiger partial charge in [0.05, 0.1) is 6.54 Å². The highest BCUT2D eigenvalue weighted by molar-refractivity contribution is 5.87. The summed E-state index contributed by atoms with van der Waals surface area (Å²) in [6.07, 6.45) is 3.49. The number of hydrogen-bond acceptors (Lipinski definition) is 3. The minimum atomic E-state index is -0.351. The number of amides is 2. The molecule has 0 spiro atoms. The molecule has 2 amide bonds. The van der Waals surface area contributed by atoms with E-state index in [2.05, 4.69) is 37.0 Å². The molecular weight excluding hydrogens is 328 g/mol. The number of carbonyl (C=O) groups excluding carboxylic acids is 2. The maximum Gasteiger partial charge on any atom is 0.245 e. The number of nitrogens with zero attached hydrogens (tertiary/aromatic N) is 4. The molecule has 1 aliphatic heterocycles. The molecule has 1 atom stereocenters. The predicted molar refractivity (Wildman–Crippen MR) is 99.6 cm³/mol. The van der Waals surface area contributed by atoms with Gasteiger partial charge in [0.15, 0.2) is 0 Å². The van der Waals surface area contributed by atoms with Gasteiger partial charge in [-0.05, 0) is 33.3 Å². The van der Waals surface area contributed by atoms with Crippen molar-refractivity contribution in [1.82, 2.24) is 19.4 Å². The topological polar surface area (TPSA) is 58.4 Å². The van der Waals surface area contributed by atoms with Crippen molar-refractivity contribution in [2.45, 2.75) is 40.3 Å². The molecule has 1 aliphatic rings. The van der Waals surface area contributed by atoms with Gasteiger partial charge in [0.1, 0.15) is 11.9 Å². The molecule has 1 aromatic carbocycles. The van der Waals surface area contributed by atoms with Crippen molar-refractivity contribution in [2.75, 3.05) is 19.6 Å². The molecule has 0 radical (unpaired) electrons. The lowest BCUT2D eigenvalue weighted by molar-refractivity contribution is -0.147. The monoisotopic (exact) mass is 354 g/mol. The second-order valence-electron chi connectivity index (χ2n) is 7.13. The van der Waals surface area contributed by atoms with E-state index in [9.17, 15) is 9.59 Å². The van der Waals surface area contributed by atoms with E-state index in [0.717, 1.165) is 11.4 Å². The number of carbonyl (C=O) groups is 2. The standard InChI is InChI=1S/C20H26N4O2/c1-14-9-15(2)11-18(10-14)12-22-7-8-23(13-19(22)25)20(26)16(3)24-6-5-21-17(24)4/h5-6,9-11,16H,7-8,12-13H2,1-4H3. The summed E-state index contributed by atoms with van der Waals surface area (Å²) in [4.78, 5) is 33.0. The van der Waals surface area contributed by atoms with Gasteiger partial charge in [0.2, 0.25) is 11.8 Å². The third-order valence-electron chi connectivity index (χ3n) is 4.92. The second kappa shape index (κ2) is 7.32. The van der Waals surface area contributed by atoms with Crippen LogP contribution in [0.15, 0.2) is 30.6 Å². The van der Waals surface area contributed by atoms with Crippen LogP contribution in [0.2, 0.25) is 0 Å². The summed E-state index contributed by atoms with van der Waals surface area (Å²) in [6, 6.07) is 6.00. The van der Waals surface area contributed by atoms with Gasteiger partial charge >= 0.3 is 0 Å². The maximum absolute atomic E-state index is 12.8. The van der Waals surface area contributed by atoms with Crippen molar-refractivity contribution in [1.29, 1.82) is 0 Å². The first kappa shape index (κ1) is 18.2. The van der Waals surface area contributed by atoms with Gasteiger partial charge in [0.25, 0.3) is 0 Å². The van der Waals surface area contributed by atoms with Crippen LogP contribution >= 0.6 is 0 Å². The highest BCUT2D eigenvalue weighted by Crippen LogP contribution is 2.17. The minimum Gasteiger partial charge on any atom is -0.335 e. The number of piperazine rings is 1. The quantitative estimate of drug-likeness (QED) is 0.846. The number of hydrogen-bond donors (Lipinski definition) is 0. The fraction of sp³-hybridized carbons (Fsp3) is 0.450. The van der Waals surface area contributed by atoms with Gasteiger partial charge in [-0.25, -0.2) is 4.98 Å². The first-order chi connectivity index (χ1) is 12.3. The number of aryl methyl sites for hydroxylation is 3. The number of imidazole rings is 1. The Morgan fingerprint density at radius 1 is 1.15 bits per heavy atom. The molecule has 1 aromatic heterocycles. The van der Waals surface area contributed by atoms with E-state index in [1.165, 1.54) is 11.1 Å². The van der Waals surface area contributed by atoms with Crippen LogP contribution in [0.1, 0.15) is 35.5 Å². The molecule has 0 saturated carbocycles. The lowest BCUT2D eigenvalue weighted by Crippen LogP contribution is -2.53. The molecule has 6 heteroatoms. The Bertz CT molecular complexity index is 807. The van der Waals surface area contributed by atoms with Crippen LogP contribution in [-0.2, 0) is 16.1 Å². The highest BCUT2D eigenvalue weighted by Gasteiger charge is 2.30. The van der Waals surface area contributed by atoms with E-state index < -0.39 is 0 Å². The Balaban J connectivity index is 1.64. The molecule has 1 fully saturated rings. The Kier molecular flexibility index (Phi) is 5.11. The molecule has 0 aliphatic carbocycles. The van der Waals surface area contributed by atoms with Gasteiger partial charge in [-0.1, -0.05) is 29.3 Å². The first-order valence-electron chi connectivity index (χ1n) is 8.98. The summed E-state index contributed by atoms with van der Waals surface area (Å²) in [7, 11) is 0. The first-order valence-corrected chi connectivity index (χ1v) is 8.98. The average Bonchev–Trinajstić information content (AvgIpc) is 3.00. The van der Waals surface area contributed by atoms with E-state index in [1.54, 1.807) is 17.3 Å². The molecule has 26 heavy (non-hydrogen) atoms. The third-order valence-corrected chi connectivity index (χ3v) is 4.92. The molecule has 138 valence electrons. The molecule has 1 saturated heterocycles. The molecule has 3 rings (SSSR count). The van der Waals surface area contributed by atoms with Gasteiger partial charge in [0, 0.05) is 32.0 Å². The largest absolute Gasteiger partial charge is 0.335 e. The van der Waals surface area contributed by atoms with Crippen LogP contribution < -0.4 is 0 Å². The summed E-state index contributed by atoms with van der Waals surface area (Å²) in [5, 5.41) is 0. The van der Waals surface area contributed by atoms with Crippen molar-refractivity contribution in [3.63, 3.8) is 0 Å². The van der Waals surface area contributed by atoms with E-state index in [0.29, 0.717) is 19.6 Å². The zero-order valence-electron chi connectivity index (χ0n) is 15.9. The van der Waals surface area contributed by atoms with Gasteiger partial charge in [-0.3, -0.25) is 9.59 Å². The smallest absolute Gasteiger partial charge is 0.245 e. The Labute approximate surface area is 154 Å². The van der Waals surface area contributed by atoms with E-state index in [1.807, 2.05) is 23.3 Å². The lowest BCUT2D eigenvalue weighted by Gasteiger charge is -2.36. The fourth-order valence-corrected chi connectivity index (χ4v) is 3.62. The molecule has 1 unspecified atom stereocenters. The SMILES string of the molecule is Cc1cc(C)cc(CN2CCN(C(=O)C(C)n3ccnc3C)CC2=O)c1. The molecule has 0 N–H and O–H groups in total. The summed E-state index contributed by atoms with van der Waals surface area (Å²) in [6.45, 7) is 9.71. The Morgan fingerprint density at radius 2 is 1.85 bits per heavy atom. The van der Waals surface area contributed by atoms with Crippen molar-refractivity contribution in [3.05, 3.63) is 53.1 Å². The molecule has 2 heterocycles. The van der Waals surface area contributed by atoms with Crippen molar-refractivity contribution >= 4 is 11.8 Å². The van der Waals surface area contributed by atoms with Crippen molar-refractivity contribution in [3.8, 4) is 0 Å². The number of benzene rings is 1. The normalized spacial score (nSPS) is 16.1. The minimum absolute atomic E-state index is 0.00156. The van der Waals surface area contributed by atoms with Crippen molar-refractivity contribution in [2.24, 2.45) is 0 Å². The molecular formula is C20H26N4O2. The summed E-state index contributed by atoms with van der Waals surface area (Å²) in [5.41, 5.74) is 3.54. The van der Waals surface area contributed by atoms with Gasteiger partial charge < -0.3 is 14.4 Å². The van der Waals surface area contributed by atoms with Gasteiger partial charge in [-0.2, -0.15) is 0 Å². The zero-order chi connectivity index (χ0) is 18.8. The van der Waals surface area contributed by atoms with Crippen LogP contribution in [0.5, 0.6) is 0 Å².